The molecule has 6 fully saturated rings. The van der Waals surface area contributed by atoms with E-state index in [9.17, 15) is 24.9 Å². The Morgan fingerprint density at radius 3 is 2.10 bits per heavy atom. The molecule has 49 heavy (non-hydrogen) atoms. The first-order valence-corrected chi connectivity index (χ1v) is 19.2. The topological polar surface area (TPSA) is 135 Å². The number of ether oxygens (including phenoxy) is 3. The molecule has 2 spiro atoms. The maximum Gasteiger partial charge on any atom is 0.408 e. The normalized spacial score (nSPS) is 47.7. The summed E-state index contributed by atoms with van der Waals surface area (Å²) in [4.78, 5) is 27.1. The fourth-order valence-corrected chi connectivity index (χ4v) is 13.4. The van der Waals surface area contributed by atoms with Crippen LogP contribution in [0.3, 0.4) is 0 Å². The summed E-state index contributed by atoms with van der Waals surface area (Å²) < 4.78 is 19.1. The van der Waals surface area contributed by atoms with Gasteiger partial charge in [0.25, 0.3) is 0 Å². The van der Waals surface area contributed by atoms with Gasteiger partial charge in [0.05, 0.1) is 29.5 Å². The Hall–Kier alpha value is -1.42. The summed E-state index contributed by atoms with van der Waals surface area (Å²) in [7, 11) is 0. The van der Waals surface area contributed by atoms with Gasteiger partial charge >= 0.3 is 12.1 Å². The largest absolute Gasteiger partial charge is 0.460 e. The van der Waals surface area contributed by atoms with Crippen molar-refractivity contribution in [2.24, 2.45) is 50.7 Å². The van der Waals surface area contributed by atoms with E-state index in [1.54, 1.807) is 34.6 Å². The van der Waals surface area contributed by atoms with E-state index in [1.165, 1.54) is 0 Å². The number of hydrogen-bond donors (Lipinski definition) is 4. The van der Waals surface area contributed by atoms with Crippen molar-refractivity contribution in [3.8, 4) is 0 Å². The number of hydrogen-bond acceptors (Lipinski definition) is 8. The molecule has 9 nitrogen and oxygen atoms in total. The summed E-state index contributed by atoms with van der Waals surface area (Å²) in [5.74, 6) is -0.545. The molecule has 0 aromatic rings. The van der Waals surface area contributed by atoms with Gasteiger partial charge in [0.2, 0.25) is 0 Å². The number of nitrogens with one attached hydrogen (secondary N) is 1. The molecular formula is C40H67NO8. The Balaban J connectivity index is 1.37. The van der Waals surface area contributed by atoms with Crippen molar-refractivity contribution in [2.75, 3.05) is 0 Å². The minimum absolute atomic E-state index is 0.0203. The van der Waals surface area contributed by atoms with Crippen LogP contribution in [0.15, 0.2) is 0 Å². The number of amides is 1. The zero-order valence-corrected chi connectivity index (χ0v) is 32.4. The fraction of sp³-hybridized carbons (Fsp3) is 0.950. The van der Waals surface area contributed by atoms with E-state index in [-0.39, 0.29) is 56.9 Å². The summed E-state index contributed by atoms with van der Waals surface area (Å²) in [5.41, 5.74) is -3.14. The number of rotatable bonds is 6. The van der Waals surface area contributed by atoms with Crippen LogP contribution in [0.25, 0.3) is 0 Å². The molecule has 1 heterocycles. The van der Waals surface area contributed by atoms with Crippen molar-refractivity contribution in [3.05, 3.63) is 0 Å². The third-order valence-corrected chi connectivity index (χ3v) is 15.6. The maximum absolute atomic E-state index is 14.2. The molecule has 0 radical (unpaired) electrons. The van der Waals surface area contributed by atoms with Gasteiger partial charge in [-0.15, -0.1) is 0 Å². The fourth-order valence-electron chi connectivity index (χ4n) is 13.4. The van der Waals surface area contributed by atoms with Crippen LogP contribution < -0.4 is 5.32 Å². The quantitative estimate of drug-likeness (QED) is 0.231. The molecule has 2 unspecified atom stereocenters. The van der Waals surface area contributed by atoms with E-state index in [1.807, 2.05) is 13.8 Å². The monoisotopic (exact) mass is 689 g/mol. The summed E-state index contributed by atoms with van der Waals surface area (Å²) in [5, 5.41) is 37.0. The Morgan fingerprint density at radius 1 is 0.878 bits per heavy atom. The number of aliphatic hydroxyl groups excluding tert-OH is 2. The molecule has 4 N–H and O–H groups in total. The molecule has 13 atom stereocenters. The lowest BCUT2D eigenvalue weighted by atomic mass is 9.41. The van der Waals surface area contributed by atoms with Gasteiger partial charge in [-0.25, -0.2) is 9.59 Å². The van der Waals surface area contributed by atoms with Gasteiger partial charge in [0, 0.05) is 5.92 Å². The van der Waals surface area contributed by atoms with Crippen LogP contribution in [0.2, 0.25) is 0 Å². The molecule has 6 aliphatic rings. The van der Waals surface area contributed by atoms with E-state index < -0.39 is 53.2 Å². The average Bonchev–Trinajstić information content (AvgIpc) is 3.28. The third-order valence-electron chi connectivity index (χ3n) is 15.6. The van der Waals surface area contributed by atoms with Gasteiger partial charge < -0.3 is 34.8 Å². The molecule has 9 heteroatoms. The molecule has 0 aromatic heterocycles. The molecule has 0 aromatic carbocycles. The molecule has 280 valence electrons. The predicted octanol–water partition coefficient (Wildman–Crippen LogP) is 6.54. The Morgan fingerprint density at radius 2 is 1.53 bits per heavy atom. The smallest absolute Gasteiger partial charge is 0.408 e. The number of alkyl carbamates (subject to hydrolysis) is 1. The summed E-state index contributed by atoms with van der Waals surface area (Å²) in [6, 6.07) is -0.883. The summed E-state index contributed by atoms with van der Waals surface area (Å²) >= 11 is 0. The molecule has 0 bridgehead atoms. The third kappa shape index (κ3) is 5.43. The van der Waals surface area contributed by atoms with Gasteiger partial charge in [-0.3, -0.25) is 0 Å². The van der Waals surface area contributed by atoms with E-state index >= 15 is 0 Å². The van der Waals surface area contributed by atoms with Crippen LogP contribution in [-0.2, 0) is 19.0 Å². The zero-order valence-electron chi connectivity index (χ0n) is 32.4. The molecule has 5 saturated carbocycles. The van der Waals surface area contributed by atoms with Gasteiger partial charge in [-0.1, -0.05) is 41.5 Å². The van der Waals surface area contributed by atoms with Crippen LogP contribution in [0.4, 0.5) is 4.79 Å². The Kier molecular flexibility index (Phi) is 8.60. The van der Waals surface area contributed by atoms with Gasteiger partial charge in [0.15, 0.2) is 0 Å². The highest BCUT2D eigenvalue weighted by atomic mass is 16.6. The zero-order chi connectivity index (χ0) is 36.5. The van der Waals surface area contributed by atoms with Crippen molar-refractivity contribution in [1.82, 2.24) is 5.32 Å². The van der Waals surface area contributed by atoms with Crippen molar-refractivity contribution in [1.29, 1.82) is 0 Å². The minimum atomic E-state index is -1.01. The minimum Gasteiger partial charge on any atom is -0.460 e. The highest BCUT2D eigenvalue weighted by Crippen LogP contribution is 2.89. The molecule has 5 aliphatic carbocycles. The van der Waals surface area contributed by atoms with Crippen LogP contribution in [0.1, 0.15) is 141 Å². The van der Waals surface area contributed by atoms with E-state index in [0.29, 0.717) is 19.3 Å². The van der Waals surface area contributed by atoms with Crippen molar-refractivity contribution >= 4 is 12.1 Å². The Labute approximate surface area is 295 Å². The maximum atomic E-state index is 14.2. The molecular weight excluding hydrogens is 622 g/mol. The predicted molar refractivity (Wildman–Crippen MR) is 186 cm³/mol. The van der Waals surface area contributed by atoms with Crippen LogP contribution in [-0.4, -0.2) is 74.6 Å². The van der Waals surface area contributed by atoms with Crippen molar-refractivity contribution < 1.29 is 39.1 Å². The second-order valence-electron chi connectivity index (χ2n) is 20.7. The van der Waals surface area contributed by atoms with Gasteiger partial charge in [-0.05, 0) is 144 Å². The molecule has 1 amide bonds. The standard InChI is InChI=1S/C40H67NO8/c1-22(2)28(41-32(45)49-33(3,4)5)31(44)47-24-20-37(11)25-19-23(42)29-34(6,7)26(43)13-16-40(29)21-39(25,40)18-17-36(37,10)30(24)38(12)15-14-27(48-38)35(8,9)46/h22-30,42-43,46H,13-21H2,1-12H3,(H,41,45)/t23-,24-,25?,26-,27-,28?,29-,30-,36+,37-,38+,39-,40+/m0/s1. The first-order chi connectivity index (χ1) is 22.3. The lowest BCUT2D eigenvalue weighted by Crippen LogP contribution is -2.62. The lowest BCUT2D eigenvalue weighted by Gasteiger charge is -2.64. The van der Waals surface area contributed by atoms with Crippen LogP contribution in [0.5, 0.6) is 0 Å². The highest BCUT2D eigenvalue weighted by molar-refractivity contribution is 5.82. The van der Waals surface area contributed by atoms with Crippen molar-refractivity contribution in [3.63, 3.8) is 0 Å². The first kappa shape index (κ1) is 37.3. The van der Waals surface area contributed by atoms with Crippen molar-refractivity contribution in [2.45, 2.75) is 188 Å². The number of carbonyl (C=O) groups excluding carboxylic acids is 2. The highest BCUT2D eigenvalue weighted by Gasteiger charge is 2.85. The number of esters is 1. The molecule has 1 aliphatic heterocycles. The van der Waals surface area contributed by atoms with E-state index in [2.05, 4.69) is 39.9 Å². The van der Waals surface area contributed by atoms with E-state index in [4.69, 9.17) is 14.2 Å². The number of carbonyl (C=O) groups is 2. The average molecular weight is 690 g/mol. The second-order valence-corrected chi connectivity index (χ2v) is 20.7. The van der Waals surface area contributed by atoms with E-state index in [0.717, 1.165) is 38.5 Å². The Bertz CT molecular complexity index is 1330. The van der Waals surface area contributed by atoms with Gasteiger partial charge in [-0.2, -0.15) is 0 Å². The first-order valence-electron chi connectivity index (χ1n) is 19.2. The number of fused-ring (bicyclic) bond motifs is 2. The molecule has 1 saturated heterocycles. The molecule has 6 rings (SSSR count). The number of aliphatic hydroxyl groups is 3. The summed E-state index contributed by atoms with van der Waals surface area (Å²) in [6.45, 7) is 24.0. The van der Waals surface area contributed by atoms with Crippen LogP contribution >= 0.6 is 0 Å². The second kappa shape index (κ2) is 11.3. The van der Waals surface area contributed by atoms with Crippen LogP contribution in [0, 0.1) is 50.7 Å². The summed E-state index contributed by atoms with van der Waals surface area (Å²) in [6.07, 6.45) is 5.23. The van der Waals surface area contributed by atoms with Gasteiger partial charge in [0.1, 0.15) is 17.7 Å². The SMILES string of the molecule is CC(C)C(NC(=O)OC(C)(C)C)C(=O)O[C@H]1C[C@@]2(C)C3C[C@H](O)[C@H]4C(C)(C)[C@@H](O)CC[C@@]45C[C@@]35CC[C@]2(C)[C@H]1[C@@]1(C)CC[C@@H](C(C)(C)O)O1. The lowest BCUT2D eigenvalue weighted by molar-refractivity contribution is -0.214.